The number of anilines is 1. The summed E-state index contributed by atoms with van der Waals surface area (Å²) in [6.07, 6.45) is 0. The molecule has 0 spiro atoms. The van der Waals surface area contributed by atoms with Crippen molar-refractivity contribution < 1.29 is 0 Å². The van der Waals surface area contributed by atoms with Gasteiger partial charge >= 0.3 is 0 Å². The summed E-state index contributed by atoms with van der Waals surface area (Å²) in [5.41, 5.74) is 5.34. The molecule has 6 heteroatoms. The molecule has 0 saturated carbocycles. The fourth-order valence-corrected chi connectivity index (χ4v) is 3.05. The smallest absolute Gasteiger partial charge is 0.203 e. The number of rotatable bonds is 2. The third-order valence-corrected chi connectivity index (χ3v) is 3.12. The molecule has 0 saturated heterocycles. The van der Waals surface area contributed by atoms with Gasteiger partial charge < -0.3 is 5.73 Å². The van der Waals surface area contributed by atoms with Gasteiger partial charge in [0.1, 0.15) is 0 Å². The molecule has 0 amide bonds. The quantitative estimate of drug-likeness (QED) is 0.505. The second kappa shape index (κ2) is 3.57. The van der Waals surface area contributed by atoms with Gasteiger partial charge in [-0.3, -0.25) is 0 Å². The van der Waals surface area contributed by atoms with Gasteiger partial charge in [0.15, 0.2) is 4.34 Å². The van der Waals surface area contributed by atoms with Gasteiger partial charge in [0, 0.05) is 0 Å². The SMILES string of the molecule is Nc1nnc(SCI)s1. The zero-order valence-electron chi connectivity index (χ0n) is 4.37. The standard InChI is InChI=1S/C3H4IN3S2/c4-1-8-3-7-6-2(5)9-3/h1H2,(H2,5,6). The Hall–Kier alpha value is 0.440. The van der Waals surface area contributed by atoms with E-state index in [1.807, 2.05) is 0 Å². The molecule has 0 fully saturated rings. The molecule has 0 unspecified atom stereocenters. The van der Waals surface area contributed by atoms with Crippen molar-refractivity contribution in [3.05, 3.63) is 0 Å². The summed E-state index contributed by atoms with van der Waals surface area (Å²) in [6.45, 7) is 0. The Bertz CT molecular complexity index is 189. The highest BCUT2D eigenvalue weighted by Gasteiger charge is 1.97. The first-order valence-corrected chi connectivity index (χ1v) is 5.43. The van der Waals surface area contributed by atoms with Gasteiger partial charge in [0.05, 0.1) is 3.76 Å². The van der Waals surface area contributed by atoms with E-state index in [2.05, 4.69) is 32.8 Å². The average Bonchev–Trinajstić information content (AvgIpc) is 2.17. The fraction of sp³-hybridized carbons (Fsp3) is 0.333. The van der Waals surface area contributed by atoms with Crippen LogP contribution in [-0.2, 0) is 0 Å². The lowest BCUT2D eigenvalue weighted by atomic mass is 11.3. The Kier molecular flexibility index (Phi) is 2.99. The monoisotopic (exact) mass is 273 g/mol. The maximum absolute atomic E-state index is 5.34. The molecule has 0 aliphatic heterocycles. The Morgan fingerprint density at radius 2 is 2.44 bits per heavy atom. The van der Waals surface area contributed by atoms with Gasteiger partial charge in [-0.2, -0.15) is 0 Å². The van der Waals surface area contributed by atoms with Crippen LogP contribution in [0.1, 0.15) is 0 Å². The molecule has 50 valence electrons. The highest BCUT2D eigenvalue weighted by atomic mass is 127. The summed E-state index contributed by atoms with van der Waals surface area (Å²) in [4.78, 5) is 0. The van der Waals surface area contributed by atoms with E-state index in [1.165, 1.54) is 11.3 Å². The zero-order chi connectivity index (χ0) is 6.69. The lowest BCUT2D eigenvalue weighted by Crippen LogP contribution is -1.79. The largest absolute Gasteiger partial charge is 0.374 e. The lowest BCUT2D eigenvalue weighted by Gasteiger charge is -1.81. The van der Waals surface area contributed by atoms with Crippen molar-refractivity contribution in [1.82, 2.24) is 10.2 Å². The van der Waals surface area contributed by atoms with Crippen molar-refractivity contribution in [3.8, 4) is 0 Å². The first kappa shape index (κ1) is 7.55. The Morgan fingerprint density at radius 3 is 2.89 bits per heavy atom. The summed E-state index contributed by atoms with van der Waals surface area (Å²) in [6, 6.07) is 0. The lowest BCUT2D eigenvalue weighted by molar-refractivity contribution is 1.02. The van der Waals surface area contributed by atoms with E-state index in [4.69, 9.17) is 5.73 Å². The second-order valence-electron chi connectivity index (χ2n) is 1.16. The van der Waals surface area contributed by atoms with E-state index in [-0.39, 0.29) is 0 Å². The first-order chi connectivity index (χ1) is 4.33. The van der Waals surface area contributed by atoms with Gasteiger partial charge in [-0.05, 0) is 0 Å². The van der Waals surface area contributed by atoms with E-state index in [0.29, 0.717) is 5.13 Å². The molecule has 0 radical (unpaired) electrons. The van der Waals surface area contributed by atoms with Gasteiger partial charge in [0.25, 0.3) is 0 Å². The molecule has 0 aliphatic rings. The van der Waals surface area contributed by atoms with Crippen molar-refractivity contribution >= 4 is 50.8 Å². The van der Waals surface area contributed by atoms with Gasteiger partial charge in [-0.15, -0.1) is 10.2 Å². The average molecular weight is 273 g/mol. The van der Waals surface area contributed by atoms with Crippen LogP contribution < -0.4 is 5.73 Å². The summed E-state index contributed by atoms with van der Waals surface area (Å²) in [7, 11) is 0. The van der Waals surface area contributed by atoms with E-state index in [0.717, 1.165) is 8.10 Å². The van der Waals surface area contributed by atoms with Crippen LogP contribution in [-0.4, -0.2) is 14.0 Å². The minimum Gasteiger partial charge on any atom is -0.374 e. The molecular weight excluding hydrogens is 269 g/mol. The highest BCUT2D eigenvalue weighted by molar-refractivity contribution is 14.1. The first-order valence-electron chi connectivity index (χ1n) is 2.10. The molecule has 0 atom stereocenters. The molecule has 1 aromatic rings. The third kappa shape index (κ3) is 2.26. The number of hydrogen-bond acceptors (Lipinski definition) is 5. The van der Waals surface area contributed by atoms with E-state index in [1.54, 1.807) is 11.8 Å². The maximum Gasteiger partial charge on any atom is 0.203 e. The summed E-state index contributed by atoms with van der Waals surface area (Å²) < 4.78 is 1.94. The predicted molar refractivity (Wildman–Crippen MR) is 49.1 cm³/mol. The number of aromatic nitrogens is 2. The number of hydrogen-bond donors (Lipinski definition) is 1. The normalized spacial score (nSPS) is 9.89. The van der Waals surface area contributed by atoms with Crippen LogP contribution in [0.5, 0.6) is 0 Å². The van der Waals surface area contributed by atoms with Crippen LogP contribution in [0.2, 0.25) is 0 Å². The zero-order valence-corrected chi connectivity index (χ0v) is 8.16. The van der Waals surface area contributed by atoms with E-state index in [9.17, 15) is 0 Å². The number of alkyl halides is 1. The van der Waals surface area contributed by atoms with Crippen LogP contribution in [0.25, 0.3) is 0 Å². The van der Waals surface area contributed by atoms with Gasteiger partial charge in [-0.25, -0.2) is 0 Å². The van der Waals surface area contributed by atoms with Crippen LogP contribution in [0.4, 0.5) is 5.13 Å². The molecule has 0 aliphatic carbocycles. The number of nitrogens with zero attached hydrogens (tertiary/aromatic N) is 2. The molecule has 2 N–H and O–H groups in total. The minimum atomic E-state index is 0.544. The molecule has 0 aromatic carbocycles. The molecule has 1 heterocycles. The van der Waals surface area contributed by atoms with E-state index < -0.39 is 0 Å². The highest BCUT2D eigenvalue weighted by Crippen LogP contribution is 2.24. The number of nitrogens with two attached hydrogens (primary N) is 1. The van der Waals surface area contributed by atoms with Crippen LogP contribution >= 0.6 is 45.7 Å². The summed E-state index contributed by atoms with van der Waals surface area (Å²) >= 11 is 5.33. The second-order valence-corrected chi connectivity index (χ2v) is 5.19. The van der Waals surface area contributed by atoms with Crippen molar-refractivity contribution in [1.29, 1.82) is 0 Å². The van der Waals surface area contributed by atoms with Crippen molar-refractivity contribution in [2.45, 2.75) is 4.34 Å². The minimum absolute atomic E-state index is 0.544. The van der Waals surface area contributed by atoms with Gasteiger partial charge in [0.2, 0.25) is 5.13 Å². The predicted octanol–water partition coefficient (Wildman–Crippen LogP) is 1.60. The Labute approximate surface area is 74.6 Å². The van der Waals surface area contributed by atoms with Crippen LogP contribution in [0.15, 0.2) is 4.34 Å². The number of nitrogen functional groups attached to an aromatic ring is 1. The number of thioether (sulfide) groups is 1. The molecular formula is C3H4IN3S2. The maximum atomic E-state index is 5.34. The summed E-state index contributed by atoms with van der Waals surface area (Å²) in [5.74, 6) is 0. The topological polar surface area (TPSA) is 51.8 Å². The summed E-state index contributed by atoms with van der Waals surface area (Å²) in [5, 5.41) is 8.01. The van der Waals surface area contributed by atoms with E-state index >= 15 is 0 Å². The fourth-order valence-electron chi connectivity index (χ4n) is 0.325. The number of halogens is 1. The van der Waals surface area contributed by atoms with Crippen LogP contribution in [0, 0.1) is 0 Å². The molecule has 9 heavy (non-hydrogen) atoms. The molecule has 3 nitrogen and oxygen atoms in total. The van der Waals surface area contributed by atoms with Crippen molar-refractivity contribution in [2.24, 2.45) is 0 Å². The van der Waals surface area contributed by atoms with Crippen molar-refractivity contribution in [2.75, 3.05) is 9.49 Å². The molecule has 0 bridgehead atoms. The molecule has 1 aromatic heterocycles. The van der Waals surface area contributed by atoms with Crippen molar-refractivity contribution in [3.63, 3.8) is 0 Å². The Balaban J connectivity index is 2.61. The van der Waals surface area contributed by atoms with Crippen LogP contribution in [0.3, 0.4) is 0 Å². The Morgan fingerprint density at radius 1 is 1.67 bits per heavy atom. The molecule has 1 rings (SSSR count). The van der Waals surface area contributed by atoms with Gasteiger partial charge in [-0.1, -0.05) is 45.7 Å². The third-order valence-electron chi connectivity index (χ3n) is 0.600.